The lowest BCUT2D eigenvalue weighted by Gasteiger charge is -2.41. The number of aromatic nitrogens is 1. The minimum absolute atomic E-state index is 0.0607. The Morgan fingerprint density at radius 1 is 1.43 bits per heavy atom. The summed E-state index contributed by atoms with van der Waals surface area (Å²) in [6, 6.07) is 2.71. The highest BCUT2D eigenvalue weighted by atomic mass is 32.3. The van der Waals surface area contributed by atoms with Crippen molar-refractivity contribution in [3.8, 4) is 0 Å². The standard InChI is InChI=1S/C10H14BF2N3O4S/c1-15-9-7(2-3-8(14-9)11(17)18)16(21(15,19)20)5-6-4-10(6,12)13/h2-3,6,17-20H,4-5H2,1H3. The Bertz CT molecular complexity index is 591. The number of hydrogen-bond donors (Lipinski definition) is 4. The fourth-order valence-electron chi connectivity index (χ4n) is 2.29. The van der Waals surface area contributed by atoms with Gasteiger partial charge in [0.1, 0.15) is 5.69 Å². The molecule has 7 nitrogen and oxygen atoms in total. The molecular formula is C10H14BF2N3O4S. The van der Waals surface area contributed by atoms with Crippen LogP contribution in [0.4, 0.5) is 20.3 Å². The second-order valence-electron chi connectivity index (χ2n) is 5.16. The average Bonchev–Trinajstić information content (AvgIpc) is 2.95. The number of hydrogen-bond acceptors (Lipinski definition) is 7. The van der Waals surface area contributed by atoms with Crippen molar-refractivity contribution in [3.63, 3.8) is 0 Å². The molecule has 21 heavy (non-hydrogen) atoms. The van der Waals surface area contributed by atoms with Crippen LogP contribution in [0.25, 0.3) is 0 Å². The highest BCUT2D eigenvalue weighted by Crippen LogP contribution is 2.61. The lowest BCUT2D eigenvalue weighted by molar-refractivity contribution is 0.101. The van der Waals surface area contributed by atoms with Crippen LogP contribution in [0.3, 0.4) is 0 Å². The van der Waals surface area contributed by atoms with Gasteiger partial charge in [0.2, 0.25) is 0 Å². The van der Waals surface area contributed by atoms with Crippen LogP contribution < -0.4 is 14.2 Å². The fraction of sp³-hybridized carbons (Fsp3) is 0.500. The van der Waals surface area contributed by atoms with E-state index in [0.717, 1.165) is 8.61 Å². The van der Waals surface area contributed by atoms with Crippen LogP contribution in [0.15, 0.2) is 12.1 Å². The molecule has 1 aromatic rings. The number of rotatable bonds is 3. The third-order valence-electron chi connectivity index (χ3n) is 3.71. The van der Waals surface area contributed by atoms with Crippen molar-refractivity contribution in [2.45, 2.75) is 12.3 Å². The maximum atomic E-state index is 13.1. The first-order chi connectivity index (χ1) is 9.64. The average molecular weight is 321 g/mol. The van der Waals surface area contributed by atoms with Gasteiger partial charge in [-0.15, -0.1) is 0 Å². The maximum Gasteiger partial charge on any atom is 0.508 e. The zero-order valence-corrected chi connectivity index (χ0v) is 11.8. The molecule has 2 aliphatic rings. The van der Waals surface area contributed by atoms with Crippen molar-refractivity contribution in [2.24, 2.45) is 5.92 Å². The van der Waals surface area contributed by atoms with E-state index in [1.807, 2.05) is 0 Å². The Kier molecular flexibility index (Phi) is 3.12. The minimum Gasteiger partial charge on any atom is -0.422 e. The zero-order chi connectivity index (χ0) is 15.6. The van der Waals surface area contributed by atoms with Crippen molar-refractivity contribution in [1.82, 2.24) is 4.98 Å². The van der Waals surface area contributed by atoms with E-state index in [0.29, 0.717) is 0 Å². The molecule has 1 unspecified atom stereocenters. The van der Waals surface area contributed by atoms with Gasteiger partial charge in [-0.2, -0.15) is 0 Å². The number of anilines is 2. The van der Waals surface area contributed by atoms with Gasteiger partial charge < -0.3 is 10.0 Å². The van der Waals surface area contributed by atoms with Crippen molar-refractivity contribution < 1.29 is 27.9 Å². The lowest BCUT2D eigenvalue weighted by atomic mass is 9.85. The summed E-state index contributed by atoms with van der Waals surface area (Å²) in [5.41, 5.74) is 0.221. The lowest BCUT2D eigenvalue weighted by Crippen LogP contribution is -2.34. The van der Waals surface area contributed by atoms with E-state index in [2.05, 4.69) is 4.98 Å². The van der Waals surface area contributed by atoms with Crippen LogP contribution in [0.2, 0.25) is 0 Å². The van der Waals surface area contributed by atoms with Crippen LogP contribution in [0.5, 0.6) is 0 Å². The second-order valence-corrected chi connectivity index (χ2v) is 7.13. The smallest absolute Gasteiger partial charge is 0.422 e. The number of pyridine rings is 1. The molecule has 0 radical (unpaired) electrons. The van der Waals surface area contributed by atoms with Crippen LogP contribution in [0, 0.1) is 5.92 Å². The van der Waals surface area contributed by atoms with Gasteiger partial charge in [-0.05, 0) is 23.1 Å². The summed E-state index contributed by atoms with van der Waals surface area (Å²) in [6.07, 6.45) is -0.279. The van der Waals surface area contributed by atoms with Gasteiger partial charge in [-0.3, -0.25) is 9.11 Å². The molecule has 1 aromatic heterocycles. The highest BCUT2D eigenvalue weighted by Gasteiger charge is 2.59. The van der Waals surface area contributed by atoms with Gasteiger partial charge in [0, 0.05) is 25.9 Å². The second kappa shape index (κ2) is 4.43. The summed E-state index contributed by atoms with van der Waals surface area (Å²) in [5, 5.41) is 18.2. The Morgan fingerprint density at radius 3 is 2.57 bits per heavy atom. The van der Waals surface area contributed by atoms with Gasteiger partial charge >= 0.3 is 7.12 Å². The first-order valence-electron chi connectivity index (χ1n) is 6.19. The molecule has 4 N–H and O–H groups in total. The molecular weight excluding hydrogens is 307 g/mol. The van der Waals surface area contributed by atoms with Crippen molar-refractivity contribution in [3.05, 3.63) is 12.1 Å². The highest BCUT2D eigenvalue weighted by molar-refractivity contribution is 8.26. The van der Waals surface area contributed by atoms with Gasteiger partial charge in [0.25, 0.3) is 5.92 Å². The Hall–Kier alpha value is -1.14. The van der Waals surface area contributed by atoms with Crippen molar-refractivity contribution in [1.29, 1.82) is 0 Å². The van der Waals surface area contributed by atoms with E-state index < -0.39 is 29.9 Å². The van der Waals surface area contributed by atoms with E-state index in [1.54, 1.807) is 0 Å². The molecule has 0 aromatic carbocycles. The minimum atomic E-state index is -3.47. The van der Waals surface area contributed by atoms with Gasteiger partial charge in [-0.1, -0.05) is 0 Å². The number of fused-ring (bicyclic) bond motifs is 1. The monoisotopic (exact) mass is 321 g/mol. The Balaban J connectivity index is 1.95. The predicted molar refractivity (Wildman–Crippen MR) is 75.7 cm³/mol. The molecule has 3 rings (SSSR count). The van der Waals surface area contributed by atoms with Crippen LogP contribution in [-0.4, -0.2) is 50.8 Å². The quantitative estimate of drug-likeness (QED) is 0.592. The molecule has 11 heteroatoms. The number of alkyl halides is 2. The molecule has 2 heterocycles. The molecule has 116 valence electrons. The summed E-state index contributed by atoms with van der Waals surface area (Å²) in [5.74, 6) is -3.58. The normalized spacial score (nSPS) is 26.5. The van der Waals surface area contributed by atoms with Crippen molar-refractivity contribution >= 4 is 35.2 Å². The van der Waals surface area contributed by atoms with Crippen LogP contribution in [0.1, 0.15) is 6.42 Å². The topological polar surface area (TPSA) is 100 Å². The van der Waals surface area contributed by atoms with Crippen LogP contribution in [-0.2, 0) is 0 Å². The van der Waals surface area contributed by atoms with Crippen molar-refractivity contribution in [2.75, 3.05) is 22.2 Å². The molecule has 1 atom stereocenters. The zero-order valence-electron chi connectivity index (χ0n) is 11.0. The van der Waals surface area contributed by atoms with Gasteiger partial charge in [-0.25, -0.2) is 22.4 Å². The van der Waals surface area contributed by atoms with E-state index in [1.165, 1.54) is 19.2 Å². The molecule has 1 fully saturated rings. The molecule has 0 saturated heterocycles. The SMILES string of the molecule is CN1c2nc(B(O)O)ccc2N(CC2CC2(F)F)S1(O)O. The van der Waals surface area contributed by atoms with E-state index >= 15 is 0 Å². The van der Waals surface area contributed by atoms with Crippen LogP contribution >= 0.6 is 11.0 Å². The number of nitrogens with zero attached hydrogens (tertiary/aromatic N) is 3. The van der Waals surface area contributed by atoms with Gasteiger partial charge in [0.15, 0.2) is 5.82 Å². The first-order valence-corrected chi connectivity index (χ1v) is 7.65. The molecule has 0 bridgehead atoms. The largest absolute Gasteiger partial charge is 0.508 e. The summed E-state index contributed by atoms with van der Waals surface area (Å²) in [7, 11) is -3.90. The number of halogens is 2. The molecule has 0 amide bonds. The fourth-order valence-corrected chi connectivity index (χ4v) is 3.74. The first kappa shape index (κ1) is 14.8. The summed E-state index contributed by atoms with van der Waals surface area (Å²) in [4.78, 5) is 3.94. The third kappa shape index (κ3) is 2.25. The molecule has 1 saturated carbocycles. The van der Waals surface area contributed by atoms with E-state index in [-0.39, 0.29) is 30.1 Å². The van der Waals surface area contributed by atoms with E-state index in [4.69, 9.17) is 10.0 Å². The predicted octanol–water partition coefficient (Wildman–Crippen LogP) is 0.253. The maximum absolute atomic E-state index is 13.1. The Labute approximate surface area is 121 Å². The molecule has 1 aliphatic carbocycles. The Morgan fingerprint density at radius 2 is 2.05 bits per heavy atom. The van der Waals surface area contributed by atoms with E-state index in [9.17, 15) is 17.9 Å². The summed E-state index contributed by atoms with van der Waals surface area (Å²) >= 11 is 0. The van der Waals surface area contributed by atoms with Gasteiger partial charge in [0.05, 0.1) is 5.59 Å². The molecule has 1 aliphatic heterocycles. The molecule has 0 spiro atoms. The summed E-state index contributed by atoms with van der Waals surface area (Å²) < 4.78 is 48.7. The third-order valence-corrected chi connectivity index (χ3v) is 5.56. The summed E-state index contributed by atoms with van der Waals surface area (Å²) in [6.45, 7) is -0.199.